The molecule has 0 aliphatic heterocycles. The van der Waals surface area contributed by atoms with Crippen LogP contribution >= 0.6 is 0 Å². The molecule has 0 saturated carbocycles. The van der Waals surface area contributed by atoms with Crippen LogP contribution in [0.3, 0.4) is 0 Å². The van der Waals surface area contributed by atoms with Crippen molar-refractivity contribution in [2.24, 2.45) is 17.2 Å². The zero-order chi connectivity index (χ0) is 28.8. The summed E-state index contributed by atoms with van der Waals surface area (Å²) in [6.45, 7) is 0. The fourth-order valence-corrected chi connectivity index (χ4v) is 3.27. The summed E-state index contributed by atoms with van der Waals surface area (Å²) in [5.41, 5.74) is 17.0. The molecule has 0 fully saturated rings. The maximum atomic E-state index is 13.0. The number of carbonyl (C=O) groups is 7. The zero-order valence-corrected chi connectivity index (χ0v) is 20.4. The number of carboxylic acid groups (broad SMARTS) is 2. The summed E-state index contributed by atoms with van der Waals surface area (Å²) in [5, 5.41) is 24.7. The Balaban J connectivity index is 3.03. The van der Waals surface area contributed by atoms with Crippen LogP contribution in [-0.4, -0.2) is 75.9 Å². The van der Waals surface area contributed by atoms with Gasteiger partial charge in [-0.15, -0.1) is 0 Å². The number of carbonyl (C=O) groups excluding carboxylic acids is 5. The van der Waals surface area contributed by atoms with Crippen LogP contribution in [0.25, 0.3) is 0 Å². The standard InChI is InChI=1S/C23H32N6O9/c24-13(10-12-4-2-1-3-5-12)20(34)27-14(6-8-17(25)30)21(35)28-15(7-9-18(26)31)22(36)29-16(23(37)38)11-19(32)33/h1-5,13-16H,6-11,24H2,(H2,25,30)(H2,26,31)(H,27,34)(H,28,35)(H,29,36)(H,32,33)(H,37,38). The number of aliphatic carboxylic acids is 2. The molecule has 0 bridgehead atoms. The summed E-state index contributed by atoms with van der Waals surface area (Å²) in [6, 6.07) is 2.99. The van der Waals surface area contributed by atoms with Crippen LogP contribution in [0.2, 0.25) is 0 Å². The lowest BCUT2D eigenvalue weighted by molar-refractivity contribution is -0.147. The van der Waals surface area contributed by atoms with E-state index in [1.807, 2.05) is 5.32 Å². The fourth-order valence-electron chi connectivity index (χ4n) is 3.27. The van der Waals surface area contributed by atoms with E-state index in [1.54, 1.807) is 30.3 Å². The van der Waals surface area contributed by atoms with Crippen molar-refractivity contribution >= 4 is 41.5 Å². The highest BCUT2D eigenvalue weighted by atomic mass is 16.4. The van der Waals surface area contributed by atoms with Gasteiger partial charge in [0.15, 0.2) is 0 Å². The van der Waals surface area contributed by atoms with Gasteiger partial charge in [-0.3, -0.25) is 28.8 Å². The van der Waals surface area contributed by atoms with Crippen LogP contribution < -0.4 is 33.2 Å². The molecule has 0 heterocycles. The molecule has 1 rings (SSSR count). The van der Waals surface area contributed by atoms with E-state index in [0.29, 0.717) is 0 Å². The Hall–Kier alpha value is -4.53. The first-order valence-corrected chi connectivity index (χ1v) is 11.5. The van der Waals surface area contributed by atoms with Crippen LogP contribution in [0, 0.1) is 0 Å². The number of benzene rings is 1. The van der Waals surface area contributed by atoms with Crippen LogP contribution in [0.1, 0.15) is 37.7 Å². The lowest BCUT2D eigenvalue weighted by atomic mass is 10.0. The molecule has 1 aromatic carbocycles. The highest BCUT2D eigenvalue weighted by Gasteiger charge is 2.31. The van der Waals surface area contributed by atoms with Gasteiger partial charge in [0.2, 0.25) is 29.5 Å². The first kappa shape index (κ1) is 31.5. The minimum absolute atomic E-state index is 0.140. The van der Waals surface area contributed by atoms with E-state index >= 15 is 0 Å². The van der Waals surface area contributed by atoms with E-state index in [0.717, 1.165) is 5.56 Å². The highest BCUT2D eigenvalue weighted by molar-refractivity contribution is 5.95. The quantitative estimate of drug-likeness (QED) is 0.100. The van der Waals surface area contributed by atoms with E-state index in [1.165, 1.54) is 0 Å². The maximum Gasteiger partial charge on any atom is 0.326 e. The molecule has 0 aliphatic rings. The predicted octanol–water partition coefficient (Wildman–Crippen LogP) is -2.90. The molecule has 5 amide bonds. The van der Waals surface area contributed by atoms with Gasteiger partial charge in [0.05, 0.1) is 12.5 Å². The van der Waals surface area contributed by atoms with Crippen LogP contribution in [0.15, 0.2) is 30.3 Å². The topological polar surface area (TPSA) is 274 Å². The Kier molecular flexibility index (Phi) is 12.9. The molecule has 4 atom stereocenters. The molecule has 4 unspecified atom stereocenters. The molecule has 0 aromatic heterocycles. The second-order valence-electron chi connectivity index (χ2n) is 8.43. The van der Waals surface area contributed by atoms with E-state index in [4.69, 9.17) is 22.3 Å². The van der Waals surface area contributed by atoms with Gasteiger partial charge in [-0.1, -0.05) is 30.3 Å². The first-order chi connectivity index (χ1) is 17.8. The molecule has 38 heavy (non-hydrogen) atoms. The number of hydrogen-bond acceptors (Lipinski definition) is 8. The number of nitrogens with two attached hydrogens (primary N) is 3. The smallest absolute Gasteiger partial charge is 0.326 e. The third kappa shape index (κ3) is 11.9. The summed E-state index contributed by atoms with van der Waals surface area (Å²) < 4.78 is 0. The molecule has 1 aromatic rings. The average molecular weight is 537 g/mol. The van der Waals surface area contributed by atoms with Gasteiger partial charge in [0, 0.05) is 12.8 Å². The summed E-state index contributed by atoms with van der Waals surface area (Å²) in [4.78, 5) is 83.2. The number of hydrogen-bond donors (Lipinski definition) is 8. The van der Waals surface area contributed by atoms with Gasteiger partial charge in [0.1, 0.15) is 18.1 Å². The molecule has 0 saturated heterocycles. The predicted molar refractivity (Wildman–Crippen MR) is 131 cm³/mol. The Morgan fingerprint density at radius 2 is 1.16 bits per heavy atom. The minimum atomic E-state index is -1.82. The Labute approximate surface area is 217 Å². The van der Waals surface area contributed by atoms with Crippen molar-refractivity contribution in [1.82, 2.24) is 16.0 Å². The van der Waals surface area contributed by atoms with Crippen molar-refractivity contribution in [3.63, 3.8) is 0 Å². The lowest BCUT2D eigenvalue weighted by Gasteiger charge is -2.25. The SMILES string of the molecule is NC(=O)CCC(NC(=O)C(N)Cc1ccccc1)C(=O)NC(CCC(N)=O)C(=O)NC(CC(=O)O)C(=O)O. The van der Waals surface area contributed by atoms with Gasteiger partial charge in [0.25, 0.3) is 0 Å². The Bertz CT molecular complexity index is 1030. The number of carboxylic acids is 2. The van der Waals surface area contributed by atoms with Gasteiger partial charge >= 0.3 is 11.9 Å². The average Bonchev–Trinajstić information content (AvgIpc) is 2.83. The second-order valence-corrected chi connectivity index (χ2v) is 8.43. The maximum absolute atomic E-state index is 13.0. The zero-order valence-electron chi connectivity index (χ0n) is 20.4. The molecule has 0 radical (unpaired) electrons. The number of rotatable bonds is 17. The van der Waals surface area contributed by atoms with Gasteiger partial charge < -0.3 is 43.4 Å². The summed E-state index contributed by atoms with van der Waals surface area (Å²) >= 11 is 0. The number of amides is 5. The van der Waals surface area contributed by atoms with E-state index in [-0.39, 0.29) is 25.7 Å². The van der Waals surface area contributed by atoms with Gasteiger partial charge in [-0.05, 0) is 24.8 Å². The first-order valence-electron chi connectivity index (χ1n) is 11.5. The molecule has 15 nitrogen and oxygen atoms in total. The minimum Gasteiger partial charge on any atom is -0.481 e. The number of nitrogens with one attached hydrogen (secondary N) is 3. The molecule has 15 heteroatoms. The van der Waals surface area contributed by atoms with Crippen molar-refractivity contribution in [3.8, 4) is 0 Å². The van der Waals surface area contributed by atoms with E-state index in [9.17, 15) is 38.7 Å². The summed E-state index contributed by atoms with van der Waals surface area (Å²) in [5.74, 6) is -7.54. The Morgan fingerprint density at radius 1 is 0.711 bits per heavy atom. The van der Waals surface area contributed by atoms with E-state index in [2.05, 4.69) is 10.6 Å². The molecular formula is C23H32N6O9. The second kappa shape index (κ2) is 15.6. The van der Waals surface area contributed by atoms with Crippen LogP contribution in [0.4, 0.5) is 0 Å². The van der Waals surface area contributed by atoms with Crippen molar-refractivity contribution in [2.45, 2.75) is 62.7 Å². The van der Waals surface area contributed by atoms with Gasteiger partial charge in [-0.25, -0.2) is 4.79 Å². The largest absolute Gasteiger partial charge is 0.481 e. The fraction of sp³-hybridized carbons (Fsp3) is 0.435. The normalized spacial score (nSPS) is 13.7. The monoisotopic (exact) mass is 536 g/mol. The van der Waals surface area contributed by atoms with Gasteiger partial charge in [-0.2, -0.15) is 0 Å². The summed E-state index contributed by atoms with van der Waals surface area (Å²) in [6.07, 6.45) is -2.14. The van der Waals surface area contributed by atoms with E-state index < -0.39 is 78.5 Å². The van der Waals surface area contributed by atoms with Crippen LogP contribution in [-0.2, 0) is 40.0 Å². The molecule has 208 valence electrons. The van der Waals surface area contributed by atoms with Crippen molar-refractivity contribution < 1.29 is 43.8 Å². The molecule has 0 spiro atoms. The highest BCUT2D eigenvalue weighted by Crippen LogP contribution is 2.06. The summed E-state index contributed by atoms with van der Waals surface area (Å²) in [7, 11) is 0. The van der Waals surface area contributed by atoms with Crippen molar-refractivity contribution in [2.75, 3.05) is 0 Å². The lowest BCUT2D eigenvalue weighted by Crippen LogP contribution is -2.57. The van der Waals surface area contributed by atoms with Crippen molar-refractivity contribution in [3.05, 3.63) is 35.9 Å². The molecule has 11 N–H and O–H groups in total. The molecular weight excluding hydrogens is 504 g/mol. The Morgan fingerprint density at radius 3 is 1.58 bits per heavy atom. The third-order valence-corrected chi connectivity index (χ3v) is 5.25. The van der Waals surface area contributed by atoms with Crippen LogP contribution in [0.5, 0.6) is 0 Å². The number of primary amides is 2. The third-order valence-electron chi connectivity index (χ3n) is 5.25. The molecule has 0 aliphatic carbocycles. The van der Waals surface area contributed by atoms with Crippen molar-refractivity contribution in [1.29, 1.82) is 0 Å².